The van der Waals surface area contributed by atoms with Crippen LogP contribution in [0.5, 0.6) is 0 Å². The minimum atomic E-state index is -1.93. The number of amides is 4. The van der Waals surface area contributed by atoms with Crippen LogP contribution in [0.4, 0.5) is 9.59 Å². The number of pyridine rings is 1. The lowest BCUT2D eigenvalue weighted by Gasteiger charge is -2.45. The second kappa shape index (κ2) is 19.5. The fraction of sp³-hybridized carbons (Fsp3) is 0.574. The zero-order chi connectivity index (χ0) is 46.2. The van der Waals surface area contributed by atoms with E-state index in [4.69, 9.17) is 19.4 Å². The van der Waals surface area contributed by atoms with Gasteiger partial charge in [-0.15, -0.1) is 11.3 Å². The molecule has 0 spiro atoms. The Morgan fingerprint density at radius 1 is 1.14 bits per heavy atom. The van der Waals surface area contributed by atoms with Gasteiger partial charge in [0.25, 0.3) is 11.1 Å². The van der Waals surface area contributed by atoms with Crippen LogP contribution in [0, 0.1) is 11.3 Å². The SMILES string of the molecule is CCn1c(-c2cccnc2[C@H](C)OC)c2c3cc(ccc31)-c1csc(n1)C[SH](NC(=O)[C@H](C(C)C)N(C)C(=O)N1C[C@@H](C)N(C)C[C@H]1C)C(=O)N1CCC[C@H](N1)C(=O)OCC(C)(C)C2. The van der Waals surface area contributed by atoms with Crippen LogP contribution in [0.15, 0.2) is 41.9 Å². The maximum Gasteiger partial charge on any atom is 0.324 e. The highest BCUT2D eigenvalue weighted by Crippen LogP contribution is 2.42. The zero-order valence-electron chi connectivity index (χ0n) is 39.3. The number of hydrogen-bond donors (Lipinski definition) is 3. The normalized spacial score (nSPS) is 23.7. The Labute approximate surface area is 384 Å². The molecule has 2 saturated heterocycles. The van der Waals surface area contributed by atoms with E-state index in [1.165, 1.54) is 21.2 Å². The molecule has 6 heterocycles. The van der Waals surface area contributed by atoms with E-state index in [9.17, 15) is 19.2 Å². The number of nitrogens with one attached hydrogen (secondary N) is 2. The molecule has 1 unspecified atom stereocenters. The van der Waals surface area contributed by atoms with Crippen molar-refractivity contribution in [2.45, 2.75) is 117 Å². The number of hydrogen-bond acceptors (Lipinski definition) is 11. The fourth-order valence-corrected chi connectivity index (χ4v) is 12.2. The molecule has 4 aromatic rings. The van der Waals surface area contributed by atoms with E-state index in [1.807, 2.05) is 44.0 Å². The minimum Gasteiger partial charge on any atom is -0.464 e. The Balaban J connectivity index is 1.28. The molecule has 3 aliphatic heterocycles. The number of hydrazine groups is 1. The fourth-order valence-electron chi connectivity index (χ4n) is 9.41. The molecule has 3 aliphatic rings. The number of aromatic nitrogens is 3. The van der Waals surface area contributed by atoms with Gasteiger partial charge in [-0.25, -0.2) is 15.2 Å². The number of fused-ring (bicyclic) bond motifs is 6. The third-order valence-electron chi connectivity index (χ3n) is 13.1. The van der Waals surface area contributed by atoms with Crippen molar-refractivity contribution in [3.05, 3.63) is 58.2 Å². The molecule has 64 heavy (non-hydrogen) atoms. The number of cyclic esters (lactones) is 1. The van der Waals surface area contributed by atoms with Crippen LogP contribution in [0.3, 0.4) is 0 Å². The summed E-state index contributed by atoms with van der Waals surface area (Å²) in [5.74, 6) is -0.912. The van der Waals surface area contributed by atoms with Crippen LogP contribution in [0.25, 0.3) is 33.4 Å². The van der Waals surface area contributed by atoms with E-state index in [2.05, 4.69) is 78.6 Å². The molecular formula is C47H67N9O6S2. The lowest BCUT2D eigenvalue weighted by Crippen LogP contribution is -2.62. The van der Waals surface area contributed by atoms with Gasteiger partial charge in [0.15, 0.2) is 0 Å². The Hall–Kier alpha value is -4.55. The summed E-state index contributed by atoms with van der Waals surface area (Å²) in [5, 5.41) is 4.92. The molecule has 6 atom stereocenters. The van der Waals surface area contributed by atoms with E-state index < -0.39 is 40.5 Å². The Kier molecular flexibility index (Phi) is 14.5. The number of esters is 1. The van der Waals surface area contributed by atoms with E-state index >= 15 is 0 Å². The summed E-state index contributed by atoms with van der Waals surface area (Å²) in [4.78, 5) is 72.7. The topological polar surface area (TPSA) is 154 Å². The molecule has 15 nitrogen and oxygen atoms in total. The van der Waals surface area contributed by atoms with Crippen LogP contribution in [0.1, 0.15) is 90.6 Å². The maximum atomic E-state index is 14.7. The smallest absolute Gasteiger partial charge is 0.324 e. The molecule has 2 fully saturated rings. The van der Waals surface area contributed by atoms with Crippen LogP contribution in [-0.2, 0) is 37.8 Å². The van der Waals surface area contributed by atoms with E-state index in [1.54, 1.807) is 20.4 Å². The van der Waals surface area contributed by atoms with Gasteiger partial charge in [0.05, 0.1) is 35.5 Å². The Morgan fingerprint density at radius 2 is 1.91 bits per heavy atom. The molecule has 7 rings (SSSR count). The van der Waals surface area contributed by atoms with Crippen molar-refractivity contribution in [2.75, 3.05) is 47.4 Å². The lowest BCUT2D eigenvalue weighted by molar-refractivity contribution is -0.151. The van der Waals surface area contributed by atoms with Gasteiger partial charge >= 0.3 is 12.0 Å². The number of nitrogens with zero attached hydrogens (tertiary/aromatic N) is 7. The first kappa shape index (κ1) is 47.4. The van der Waals surface area contributed by atoms with Crippen molar-refractivity contribution in [2.24, 2.45) is 11.3 Å². The number of carbonyl (C=O) groups excluding carboxylic acids is 4. The van der Waals surface area contributed by atoms with Gasteiger partial charge in [-0.2, -0.15) is 0 Å². The number of ether oxygens (including phenoxy) is 2. The van der Waals surface area contributed by atoms with Gasteiger partial charge in [0.2, 0.25) is 0 Å². The summed E-state index contributed by atoms with van der Waals surface area (Å²) in [6, 6.07) is 8.82. The quantitative estimate of drug-likeness (QED) is 0.120. The summed E-state index contributed by atoms with van der Waals surface area (Å²) in [6.45, 7) is 18.8. The van der Waals surface area contributed by atoms with Crippen molar-refractivity contribution in [1.29, 1.82) is 0 Å². The molecule has 17 heteroatoms. The summed E-state index contributed by atoms with van der Waals surface area (Å²) in [7, 11) is 5.42. The Morgan fingerprint density at radius 3 is 2.62 bits per heavy atom. The Bertz CT molecular complexity index is 2360. The monoisotopic (exact) mass is 917 g/mol. The molecular weight excluding hydrogens is 851 g/mol. The van der Waals surface area contributed by atoms with E-state index in [0.29, 0.717) is 43.9 Å². The average molecular weight is 918 g/mol. The van der Waals surface area contributed by atoms with Crippen molar-refractivity contribution in [1.82, 2.24) is 44.4 Å². The van der Waals surface area contributed by atoms with E-state index in [0.717, 1.165) is 51.2 Å². The van der Waals surface area contributed by atoms with Crippen molar-refractivity contribution < 1.29 is 28.7 Å². The lowest BCUT2D eigenvalue weighted by atomic mass is 9.84. The highest BCUT2D eigenvalue weighted by Gasteiger charge is 2.40. The number of piperazine rings is 1. The molecule has 0 aliphatic carbocycles. The van der Waals surface area contributed by atoms with Gasteiger partial charge in [-0.1, -0.05) is 44.8 Å². The average Bonchev–Trinajstić information content (AvgIpc) is 3.86. The summed E-state index contributed by atoms with van der Waals surface area (Å²) >= 11 is -0.486. The van der Waals surface area contributed by atoms with Gasteiger partial charge in [0, 0.05) is 91.4 Å². The highest BCUT2D eigenvalue weighted by molar-refractivity contribution is 8.27. The van der Waals surface area contributed by atoms with Crippen molar-refractivity contribution in [3.8, 4) is 22.5 Å². The number of thiazole rings is 1. The summed E-state index contributed by atoms with van der Waals surface area (Å²) in [5.41, 5.74) is 9.45. The predicted molar refractivity (Wildman–Crippen MR) is 255 cm³/mol. The van der Waals surface area contributed by atoms with Gasteiger partial charge in [-0.3, -0.25) is 29.3 Å². The van der Waals surface area contributed by atoms with Crippen molar-refractivity contribution >= 4 is 56.5 Å². The van der Waals surface area contributed by atoms with Gasteiger partial charge in [-0.05, 0) is 89.8 Å². The minimum absolute atomic E-state index is 0.0330. The number of carbonyl (C=O) groups is 4. The third kappa shape index (κ3) is 9.69. The van der Waals surface area contributed by atoms with Gasteiger partial charge < -0.3 is 28.6 Å². The molecule has 0 saturated carbocycles. The molecule has 3 aromatic heterocycles. The molecule has 1 aromatic carbocycles. The second-order valence-corrected chi connectivity index (χ2v) is 21.6. The van der Waals surface area contributed by atoms with Crippen LogP contribution >= 0.6 is 22.4 Å². The molecule has 2 N–H and O–H groups in total. The number of benzene rings is 1. The predicted octanol–water partition coefficient (Wildman–Crippen LogP) is 7.40. The van der Waals surface area contributed by atoms with Crippen LogP contribution in [-0.4, -0.2) is 129 Å². The van der Waals surface area contributed by atoms with E-state index in [-0.39, 0.29) is 47.7 Å². The number of urea groups is 1. The number of likely N-dealkylation sites (N-methyl/N-ethyl adjacent to an activating group) is 2. The molecule has 4 amide bonds. The summed E-state index contributed by atoms with van der Waals surface area (Å²) < 4.78 is 17.4. The molecule has 6 bridgehead atoms. The zero-order valence-corrected chi connectivity index (χ0v) is 41.0. The van der Waals surface area contributed by atoms with Crippen molar-refractivity contribution in [3.63, 3.8) is 0 Å². The molecule has 348 valence electrons. The van der Waals surface area contributed by atoms with Gasteiger partial charge in [0.1, 0.15) is 17.1 Å². The largest absolute Gasteiger partial charge is 0.464 e. The summed E-state index contributed by atoms with van der Waals surface area (Å²) in [6.07, 6.45) is 3.21. The first-order chi connectivity index (χ1) is 30.4. The standard InChI is InChI=1S/C47H67N9O6S2/c1-12-54-38-18-17-32-21-34(38)35(42(54)33-15-13-19-48-40(33)31(6)61-11)22-47(7,8)27-62-44(58)36-16-14-20-56(50-36)46(60)64(26-39-49-37(32)25-63-39)51-43(57)41(28(2)3)53(10)45(59)55-24-29(4)52(9)23-30(55)5/h13,15,17-19,21,25,28-31,36,41,50,64H,12,14,16,20,22-24,26-27H2,1-11H3,(H,51,57)/t29-,30-,31+,36+,41+/m1/s1. The third-order valence-corrected chi connectivity index (χ3v) is 15.9. The van der Waals surface area contributed by atoms with Crippen LogP contribution < -0.4 is 10.1 Å². The second-order valence-electron chi connectivity index (χ2n) is 18.9. The van der Waals surface area contributed by atoms with Crippen LogP contribution in [0.2, 0.25) is 0 Å². The molecule has 0 radical (unpaired) electrons. The number of aryl methyl sites for hydroxylation is 1. The number of thiol groups is 1. The highest BCUT2D eigenvalue weighted by atomic mass is 32.2. The first-order valence-corrected chi connectivity index (χ1v) is 25.0. The number of rotatable bonds is 8. The number of methoxy groups -OCH3 is 1. The maximum absolute atomic E-state index is 14.7. The first-order valence-electron chi connectivity index (χ1n) is 22.6.